The molecule has 32 heavy (non-hydrogen) atoms. The lowest BCUT2D eigenvalue weighted by Crippen LogP contribution is -2.54. The Kier molecular flexibility index (Phi) is 5.29. The van der Waals surface area contributed by atoms with Gasteiger partial charge in [0.2, 0.25) is 0 Å². The van der Waals surface area contributed by atoms with Crippen molar-refractivity contribution < 1.29 is 12.8 Å². The first-order valence-electron chi connectivity index (χ1n) is 11.4. The molecule has 3 aromatic rings. The van der Waals surface area contributed by atoms with Crippen LogP contribution in [0.1, 0.15) is 36.0 Å². The summed E-state index contributed by atoms with van der Waals surface area (Å²) in [6.45, 7) is 9.38. The van der Waals surface area contributed by atoms with Gasteiger partial charge in [-0.05, 0) is 69.5 Å². The molecule has 2 aliphatic rings. The van der Waals surface area contributed by atoms with Gasteiger partial charge in [-0.2, -0.15) is 0 Å². The Morgan fingerprint density at radius 3 is 2.47 bits per heavy atom. The molecule has 1 aromatic heterocycles. The van der Waals surface area contributed by atoms with Crippen LogP contribution in [0.2, 0.25) is 0 Å². The van der Waals surface area contributed by atoms with Crippen LogP contribution in [0.15, 0.2) is 41.4 Å². The van der Waals surface area contributed by atoms with Crippen molar-refractivity contribution in [1.29, 1.82) is 0 Å². The molecule has 2 saturated heterocycles. The van der Waals surface area contributed by atoms with Crippen LogP contribution in [0, 0.1) is 26.6 Å². The highest BCUT2D eigenvalue weighted by Gasteiger charge is 2.32. The summed E-state index contributed by atoms with van der Waals surface area (Å²) >= 11 is 0. The van der Waals surface area contributed by atoms with E-state index in [-0.39, 0.29) is 5.82 Å². The second kappa shape index (κ2) is 7.89. The molecule has 0 aliphatic carbocycles. The topological polar surface area (TPSA) is 45.6 Å². The highest BCUT2D eigenvalue weighted by molar-refractivity contribution is 7.90. The molecule has 1 unspecified atom stereocenters. The van der Waals surface area contributed by atoms with Gasteiger partial charge in [-0.3, -0.25) is 4.90 Å². The van der Waals surface area contributed by atoms with Crippen LogP contribution in [0.4, 0.5) is 10.1 Å². The van der Waals surface area contributed by atoms with Crippen molar-refractivity contribution in [3.63, 3.8) is 0 Å². The van der Waals surface area contributed by atoms with E-state index in [0.29, 0.717) is 21.8 Å². The average Bonchev–Trinajstić information content (AvgIpc) is 3.12. The molecule has 2 fully saturated rings. The van der Waals surface area contributed by atoms with Gasteiger partial charge in [0.15, 0.2) is 0 Å². The molecule has 0 amide bonds. The Morgan fingerprint density at radius 1 is 0.969 bits per heavy atom. The van der Waals surface area contributed by atoms with Crippen molar-refractivity contribution in [3.8, 4) is 0 Å². The second-order valence-electron chi connectivity index (χ2n) is 9.34. The fraction of sp³-hybridized carbons (Fsp3) is 0.440. The summed E-state index contributed by atoms with van der Waals surface area (Å²) in [5.41, 5.74) is 3.81. The molecule has 0 radical (unpaired) electrons. The van der Waals surface area contributed by atoms with Gasteiger partial charge in [0.25, 0.3) is 10.0 Å². The Bertz CT molecular complexity index is 1270. The van der Waals surface area contributed by atoms with E-state index < -0.39 is 10.0 Å². The predicted molar refractivity (Wildman–Crippen MR) is 127 cm³/mol. The first-order valence-corrected chi connectivity index (χ1v) is 12.8. The summed E-state index contributed by atoms with van der Waals surface area (Å²) in [4.78, 5) is 5.11. The lowest BCUT2D eigenvalue weighted by Gasteiger charge is -2.44. The molecule has 0 N–H and O–H groups in total. The number of hydrogen-bond donors (Lipinski definition) is 0. The summed E-state index contributed by atoms with van der Waals surface area (Å²) < 4.78 is 43.3. The third-order valence-corrected chi connectivity index (χ3v) is 8.99. The number of aromatic nitrogens is 1. The SMILES string of the molecule is Cc1cc(C)c(S(=O)(=O)n2cc(N3CCN4CCCCC4C3)c3cc(F)ccc32)c(C)c1. The van der Waals surface area contributed by atoms with E-state index in [9.17, 15) is 12.8 Å². The minimum atomic E-state index is -3.84. The predicted octanol–water partition coefficient (Wildman–Crippen LogP) is 4.62. The van der Waals surface area contributed by atoms with Crippen molar-refractivity contribution >= 4 is 26.6 Å². The summed E-state index contributed by atoms with van der Waals surface area (Å²) in [6, 6.07) is 8.66. The fourth-order valence-corrected chi connectivity index (χ4v) is 7.44. The minimum absolute atomic E-state index is 0.327. The van der Waals surface area contributed by atoms with Crippen LogP contribution in [0.5, 0.6) is 0 Å². The molecule has 1 atom stereocenters. The van der Waals surface area contributed by atoms with Gasteiger partial charge in [-0.25, -0.2) is 16.8 Å². The maximum Gasteiger partial charge on any atom is 0.268 e. The van der Waals surface area contributed by atoms with Crippen LogP contribution < -0.4 is 4.90 Å². The zero-order valence-corrected chi connectivity index (χ0v) is 19.8. The molecule has 3 heterocycles. The number of nitrogens with zero attached hydrogens (tertiary/aromatic N) is 3. The van der Waals surface area contributed by atoms with Gasteiger partial charge >= 0.3 is 0 Å². The van der Waals surface area contributed by atoms with Crippen molar-refractivity contribution in [2.24, 2.45) is 0 Å². The number of piperazine rings is 1. The third-order valence-electron chi connectivity index (χ3n) is 7.01. The van der Waals surface area contributed by atoms with Crippen LogP contribution in [0.25, 0.3) is 10.9 Å². The van der Waals surface area contributed by atoms with Crippen molar-refractivity contribution in [2.45, 2.75) is 51.0 Å². The monoisotopic (exact) mass is 455 g/mol. The van der Waals surface area contributed by atoms with Gasteiger partial charge < -0.3 is 4.90 Å². The first-order chi connectivity index (χ1) is 15.3. The molecule has 170 valence electrons. The Hall–Kier alpha value is -2.38. The molecule has 5 rings (SSSR count). The van der Waals surface area contributed by atoms with Gasteiger partial charge in [-0.15, -0.1) is 0 Å². The maximum atomic E-state index is 14.3. The molecule has 0 saturated carbocycles. The van der Waals surface area contributed by atoms with Gasteiger partial charge in [0, 0.05) is 37.3 Å². The van der Waals surface area contributed by atoms with E-state index in [2.05, 4.69) is 9.80 Å². The van der Waals surface area contributed by atoms with Crippen LogP contribution in [-0.2, 0) is 10.0 Å². The largest absolute Gasteiger partial charge is 0.367 e. The lowest BCUT2D eigenvalue weighted by molar-refractivity contribution is 0.133. The third kappa shape index (κ3) is 3.52. The molecule has 0 bridgehead atoms. The minimum Gasteiger partial charge on any atom is -0.367 e. The highest BCUT2D eigenvalue weighted by Crippen LogP contribution is 2.36. The van der Waals surface area contributed by atoms with Crippen LogP contribution >= 0.6 is 0 Å². The van der Waals surface area contributed by atoms with E-state index in [0.717, 1.165) is 55.0 Å². The molecule has 0 spiro atoms. The number of rotatable bonds is 3. The standard InChI is InChI=1S/C25H30FN3O2S/c1-17-12-18(2)25(19(3)13-17)32(30,31)29-16-24(22-14-20(26)7-8-23(22)29)28-11-10-27-9-5-4-6-21(27)15-28/h7-8,12-14,16,21H,4-6,9-11,15H2,1-3H3. The average molecular weight is 456 g/mol. The van der Waals surface area contributed by atoms with E-state index in [1.165, 1.54) is 28.9 Å². The van der Waals surface area contributed by atoms with E-state index in [1.54, 1.807) is 12.3 Å². The van der Waals surface area contributed by atoms with Crippen LogP contribution in [-0.4, -0.2) is 49.5 Å². The smallest absolute Gasteiger partial charge is 0.268 e. The highest BCUT2D eigenvalue weighted by atomic mass is 32.2. The number of fused-ring (bicyclic) bond motifs is 2. The van der Waals surface area contributed by atoms with Crippen molar-refractivity contribution in [2.75, 3.05) is 31.1 Å². The van der Waals surface area contributed by atoms with Crippen molar-refractivity contribution in [1.82, 2.24) is 8.87 Å². The summed E-state index contributed by atoms with van der Waals surface area (Å²) in [6.07, 6.45) is 5.33. The summed E-state index contributed by atoms with van der Waals surface area (Å²) in [7, 11) is -3.84. The fourth-order valence-electron chi connectivity index (χ4n) is 5.65. The Morgan fingerprint density at radius 2 is 1.72 bits per heavy atom. The molecular formula is C25H30FN3O2S. The Labute approximate surface area is 189 Å². The molecule has 2 aromatic carbocycles. The maximum absolute atomic E-state index is 14.3. The number of halogens is 1. The van der Waals surface area contributed by atoms with E-state index in [1.807, 2.05) is 32.9 Å². The number of hydrogen-bond acceptors (Lipinski definition) is 4. The molecular weight excluding hydrogens is 425 g/mol. The molecule has 2 aliphatic heterocycles. The number of anilines is 1. The molecule has 5 nitrogen and oxygen atoms in total. The normalized spacial score (nSPS) is 20.0. The van der Waals surface area contributed by atoms with Gasteiger partial charge in [-0.1, -0.05) is 24.1 Å². The second-order valence-corrected chi connectivity index (χ2v) is 11.1. The van der Waals surface area contributed by atoms with Gasteiger partial charge in [0.1, 0.15) is 5.82 Å². The quantitative estimate of drug-likeness (QED) is 0.578. The van der Waals surface area contributed by atoms with E-state index in [4.69, 9.17) is 0 Å². The zero-order valence-electron chi connectivity index (χ0n) is 18.9. The number of benzene rings is 2. The van der Waals surface area contributed by atoms with Crippen LogP contribution in [0.3, 0.4) is 0 Å². The molecule has 7 heteroatoms. The summed E-state index contributed by atoms with van der Waals surface area (Å²) in [5.74, 6) is -0.354. The van der Waals surface area contributed by atoms with E-state index >= 15 is 0 Å². The summed E-state index contributed by atoms with van der Waals surface area (Å²) in [5, 5.41) is 0.653. The van der Waals surface area contributed by atoms with Gasteiger partial charge in [0.05, 0.1) is 16.1 Å². The number of piperidine rings is 1. The lowest BCUT2D eigenvalue weighted by atomic mass is 9.99. The zero-order chi connectivity index (χ0) is 22.6. The number of aryl methyl sites for hydroxylation is 3. The first kappa shape index (κ1) is 21.5. The van der Waals surface area contributed by atoms with Crippen molar-refractivity contribution in [3.05, 3.63) is 59.0 Å². The Balaban J connectivity index is 1.64.